The maximum absolute atomic E-state index is 14.1. The third-order valence-electron chi connectivity index (χ3n) is 7.59. The molecule has 3 aromatic rings. The van der Waals surface area contributed by atoms with Crippen molar-refractivity contribution in [2.45, 2.75) is 64.3 Å². The van der Waals surface area contributed by atoms with E-state index in [0.29, 0.717) is 16.9 Å². The predicted octanol–water partition coefficient (Wildman–Crippen LogP) is 6.34. The smallest absolute Gasteiger partial charge is 0.234 e. The van der Waals surface area contributed by atoms with Crippen LogP contribution >= 0.6 is 11.8 Å². The van der Waals surface area contributed by atoms with Gasteiger partial charge in [0.2, 0.25) is 5.91 Å². The zero-order chi connectivity index (χ0) is 25.2. The van der Waals surface area contributed by atoms with Crippen molar-refractivity contribution >= 4 is 23.4 Å². The lowest BCUT2D eigenvalue weighted by molar-refractivity contribution is -0.113. The van der Waals surface area contributed by atoms with Crippen LogP contribution in [0.1, 0.15) is 55.6 Å². The van der Waals surface area contributed by atoms with Gasteiger partial charge in [-0.3, -0.25) is 9.36 Å². The molecule has 5 rings (SSSR count). The van der Waals surface area contributed by atoms with Gasteiger partial charge in [-0.25, -0.2) is 4.39 Å². The first-order chi connectivity index (χ1) is 17.4. The first-order valence-electron chi connectivity index (χ1n) is 12.7. The predicted molar refractivity (Wildman–Crippen MR) is 140 cm³/mol. The number of benzene rings is 2. The second-order valence-electron chi connectivity index (χ2n) is 10.3. The van der Waals surface area contributed by atoms with Crippen molar-refractivity contribution in [2.75, 3.05) is 11.1 Å². The number of nitrogens with zero attached hydrogens (tertiary/aromatic N) is 3. The summed E-state index contributed by atoms with van der Waals surface area (Å²) >= 11 is 1.38. The van der Waals surface area contributed by atoms with Crippen molar-refractivity contribution in [3.05, 3.63) is 65.2 Å². The molecule has 2 saturated carbocycles. The lowest BCUT2D eigenvalue weighted by Gasteiger charge is -2.30. The van der Waals surface area contributed by atoms with E-state index in [2.05, 4.69) is 33.1 Å². The number of halogens is 1. The van der Waals surface area contributed by atoms with Gasteiger partial charge >= 0.3 is 0 Å². The molecular weight excluding hydrogens is 475 g/mol. The molecule has 2 bridgehead atoms. The van der Waals surface area contributed by atoms with E-state index < -0.39 is 5.82 Å². The molecule has 1 heterocycles. The van der Waals surface area contributed by atoms with Crippen molar-refractivity contribution in [3.8, 4) is 5.75 Å². The second-order valence-corrected chi connectivity index (χ2v) is 11.2. The highest BCUT2D eigenvalue weighted by Crippen LogP contribution is 2.52. The number of aryl methyl sites for hydroxylation is 2. The fourth-order valence-corrected chi connectivity index (χ4v) is 6.91. The summed E-state index contributed by atoms with van der Waals surface area (Å²) in [4.78, 5) is 12.7. The minimum absolute atomic E-state index is 0.0868. The van der Waals surface area contributed by atoms with Crippen LogP contribution in [-0.2, 0) is 11.4 Å². The van der Waals surface area contributed by atoms with Crippen LogP contribution in [0.5, 0.6) is 5.75 Å². The highest BCUT2D eigenvalue weighted by molar-refractivity contribution is 7.99. The number of anilines is 1. The maximum atomic E-state index is 14.1. The fraction of sp³-hybridized carbons (Fsp3) is 0.464. The van der Waals surface area contributed by atoms with Gasteiger partial charge in [0.15, 0.2) is 22.5 Å². The van der Waals surface area contributed by atoms with Gasteiger partial charge in [0.1, 0.15) is 6.61 Å². The van der Waals surface area contributed by atoms with Gasteiger partial charge in [-0.15, -0.1) is 10.2 Å². The molecule has 1 N–H and O–H groups in total. The molecule has 8 heteroatoms. The SMILES string of the molecule is Cc1cc(C)cc(NC(=O)CSc2nnc(COc3ccccc3F)n2[C@@H](C)[C@H]2C[C@H]3CC[C@H]2C3)c1. The Kier molecular flexibility index (Phi) is 7.32. The van der Waals surface area contributed by atoms with Crippen molar-refractivity contribution in [2.24, 2.45) is 17.8 Å². The van der Waals surface area contributed by atoms with Crippen LogP contribution in [0, 0.1) is 37.4 Å². The topological polar surface area (TPSA) is 69.0 Å². The first kappa shape index (κ1) is 24.8. The third kappa shape index (κ3) is 5.43. The molecule has 2 aliphatic carbocycles. The number of ether oxygens (including phenoxy) is 1. The van der Waals surface area contributed by atoms with E-state index in [9.17, 15) is 9.18 Å². The van der Waals surface area contributed by atoms with Crippen LogP contribution in [0.15, 0.2) is 47.6 Å². The zero-order valence-electron chi connectivity index (χ0n) is 21.0. The van der Waals surface area contributed by atoms with E-state index in [4.69, 9.17) is 4.74 Å². The summed E-state index contributed by atoms with van der Waals surface area (Å²) in [6.45, 7) is 6.37. The Balaban J connectivity index is 1.32. The molecule has 36 heavy (non-hydrogen) atoms. The Morgan fingerprint density at radius 2 is 1.94 bits per heavy atom. The van der Waals surface area contributed by atoms with Gasteiger partial charge in [0.25, 0.3) is 0 Å². The number of hydrogen-bond donors (Lipinski definition) is 1. The lowest BCUT2D eigenvalue weighted by Crippen LogP contribution is -2.25. The van der Waals surface area contributed by atoms with Gasteiger partial charge < -0.3 is 10.1 Å². The van der Waals surface area contributed by atoms with Crippen LogP contribution in [0.2, 0.25) is 0 Å². The number of thioether (sulfide) groups is 1. The molecule has 4 atom stereocenters. The maximum Gasteiger partial charge on any atom is 0.234 e. The van der Waals surface area contributed by atoms with Gasteiger partial charge in [0.05, 0.1) is 5.75 Å². The molecule has 0 saturated heterocycles. The summed E-state index contributed by atoms with van der Waals surface area (Å²) in [5.41, 5.74) is 3.02. The number of aromatic nitrogens is 3. The summed E-state index contributed by atoms with van der Waals surface area (Å²) < 4.78 is 22.0. The Bertz CT molecular complexity index is 1230. The highest BCUT2D eigenvalue weighted by Gasteiger charge is 2.43. The molecule has 1 amide bonds. The Hall–Kier alpha value is -2.87. The quantitative estimate of drug-likeness (QED) is 0.342. The summed E-state index contributed by atoms with van der Waals surface area (Å²) in [5.74, 6) is 2.68. The first-order valence-corrected chi connectivity index (χ1v) is 13.7. The second kappa shape index (κ2) is 10.6. The third-order valence-corrected chi connectivity index (χ3v) is 8.53. The molecule has 0 unspecified atom stereocenters. The minimum Gasteiger partial charge on any atom is -0.483 e. The van der Waals surface area contributed by atoms with E-state index in [1.807, 2.05) is 26.0 Å². The van der Waals surface area contributed by atoms with Crippen molar-refractivity contribution < 1.29 is 13.9 Å². The monoisotopic (exact) mass is 508 g/mol. The van der Waals surface area contributed by atoms with Crippen LogP contribution < -0.4 is 10.1 Å². The van der Waals surface area contributed by atoms with E-state index in [1.54, 1.807) is 18.2 Å². The number of rotatable bonds is 9. The summed E-state index contributed by atoms with van der Waals surface area (Å²) in [6.07, 6.45) is 5.14. The Morgan fingerprint density at radius 1 is 1.17 bits per heavy atom. The molecule has 0 radical (unpaired) electrons. The van der Waals surface area contributed by atoms with E-state index in [0.717, 1.165) is 28.7 Å². The number of amides is 1. The van der Waals surface area contributed by atoms with E-state index in [1.165, 1.54) is 43.5 Å². The fourth-order valence-electron chi connectivity index (χ4n) is 6.07. The van der Waals surface area contributed by atoms with Gasteiger partial charge in [0, 0.05) is 11.7 Å². The number of hydrogen-bond acceptors (Lipinski definition) is 5. The Labute approximate surface area is 216 Å². The number of fused-ring (bicyclic) bond motifs is 2. The summed E-state index contributed by atoms with van der Waals surface area (Å²) in [6, 6.07) is 12.6. The Morgan fingerprint density at radius 3 is 2.64 bits per heavy atom. The molecule has 2 aliphatic rings. The van der Waals surface area contributed by atoms with Crippen LogP contribution in [0.3, 0.4) is 0 Å². The van der Waals surface area contributed by atoms with Crippen LogP contribution in [-0.4, -0.2) is 26.4 Å². The molecule has 6 nitrogen and oxygen atoms in total. The molecule has 0 spiro atoms. The molecule has 0 aliphatic heterocycles. The molecule has 1 aromatic heterocycles. The summed E-state index contributed by atoms with van der Waals surface area (Å²) in [7, 11) is 0. The molecule has 2 fully saturated rings. The van der Waals surface area contributed by atoms with Gasteiger partial charge in [-0.05, 0) is 93.2 Å². The average molecular weight is 509 g/mol. The average Bonchev–Trinajstić information content (AvgIpc) is 3.57. The van der Waals surface area contributed by atoms with Crippen molar-refractivity contribution in [1.82, 2.24) is 14.8 Å². The standard InChI is InChI=1S/C28H33FN4O2S/c1-17-10-18(2)12-22(11-17)30-27(34)16-36-28-32-31-26(15-35-25-7-5-4-6-24(25)29)33(28)19(3)23-14-20-8-9-21(23)13-20/h4-7,10-12,19-21,23H,8-9,13-16H2,1-3H3,(H,30,34)/t19-,20-,21-,23+/m0/s1. The largest absolute Gasteiger partial charge is 0.483 e. The van der Waals surface area contributed by atoms with Gasteiger partial charge in [-0.2, -0.15) is 0 Å². The summed E-state index contributed by atoms with van der Waals surface area (Å²) in [5, 5.41) is 12.5. The van der Waals surface area contributed by atoms with Gasteiger partial charge in [-0.1, -0.05) is 36.4 Å². The van der Waals surface area contributed by atoms with Crippen LogP contribution in [0.4, 0.5) is 10.1 Å². The highest BCUT2D eigenvalue weighted by atomic mass is 32.2. The number of carbonyl (C=O) groups excluding carboxylic acids is 1. The molecular formula is C28H33FN4O2S. The molecule has 190 valence electrons. The number of nitrogens with one attached hydrogen (secondary N) is 1. The van der Waals surface area contributed by atoms with E-state index in [-0.39, 0.29) is 30.1 Å². The van der Waals surface area contributed by atoms with Crippen LogP contribution in [0.25, 0.3) is 0 Å². The van der Waals surface area contributed by atoms with Crippen molar-refractivity contribution in [1.29, 1.82) is 0 Å². The molecule has 2 aromatic carbocycles. The lowest BCUT2D eigenvalue weighted by atomic mass is 9.84. The normalized spacial score (nSPS) is 21.5. The van der Waals surface area contributed by atoms with Crippen molar-refractivity contribution in [3.63, 3.8) is 0 Å². The van der Waals surface area contributed by atoms with E-state index >= 15 is 0 Å². The zero-order valence-corrected chi connectivity index (χ0v) is 21.9. The minimum atomic E-state index is -0.401. The number of para-hydroxylation sites is 1. The number of carbonyl (C=O) groups is 1.